The molecule has 2 N–H and O–H groups in total. The maximum absolute atomic E-state index is 12.4. The number of hydrogen-bond acceptors (Lipinski definition) is 5. The summed E-state index contributed by atoms with van der Waals surface area (Å²) in [5.41, 5.74) is 2.04. The molecule has 0 atom stereocenters. The Hall–Kier alpha value is -4.20. The average molecular weight is 373 g/mol. The molecule has 0 aliphatic heterocycles. The van der Waals surface area contributed by atoms with Crippen LogP contribution < -0.4 is 10.6 Å². The van der Waals surface area contributed by atoms with E-state index in [0.29, 0.717) is 11.4 Å². The van der Waals surface area contributed by atoms with Gasteiger partial charge in [0.1, 0.15) is 12.7 Å². The molecule has 0 aliphatic carbocycles. The minimum Gasteiger partial charge on any atom is -0.446 e. The lowest BCUT2D eigenvalue weighted by atomic mass is 10.2. The smallest absolute Gasteiger partial charge is 0.291 e. The van der Waals surface area contributed by atoms with Crippen LogP contribution in [0.1, 0.15) is 21.1 Å². The summed E-state index contributed by atoms with van der Waals surface area (Å²) in [6.45, 7) is 0. The molecule has 2 amide bonds. The van der Waals surface area contributed by atoms with E-state index >= 15 is 0 Å². The predicted octanol–water partition coefficient (Wildman–Crippen LogP) is 3.36. The lowest BCUT2D eigenvalue weighted by Crippen LogP contribution is -2.12. The van der Waals surface area contributed by atoms with Crippen molar-refractivity contribution < 1.29 is 14.0 Å². The van der Waals surface area contributed by atoms with Gasteiger partial charge in [-0.1, -0.05) is 18.2 Å². The van der Waals surface area contributed by atoms with Crippen molar-refractivity contribution in [2.45, 2.75) is 0 Å². The molecule has 2 aromatic carbocycles. The minimum atomic E-state index is -0.452. The fraction of sp³-hybridized carbons (Fsp3) is 0. The molecule has 0 fully saturated rings. The molecule has 2 heterocycles. The number of amides is 2. The Labute approximate surface area is 159 Å². The molecule has 0 spiro atoms. The highest BCUT2D eigenvalue weighted by Gasteiger charge is 2.16. The van der Waals surface area contributed by atoms with Gasteiger partial charge in [0.05, 0.1) is 5.69 Å². The molecular formula is C20H15N5O3. The van der Waals surface area contributed by atoms with Crippen molar-refractivity contribution in [2.75, 3.05) is 10.6 Å². The highest BCUT2D eigenvalue weighted by atomic mass is 16.4. The van der Waals surface area contributed by atoms with Crippen LogP contribution >= 0.6 is 0 Å². The first-order valence-electron chi connectivity index (χ1n) is 8.42. The number of nitrogens with zero attached hydrogens (tertiary/aromatic N) is 3. The molecule has 8 nitrogen and oxygen atoms in total. The van der Waals surface area contributed by atoms with Crippen molar-refractivity contribution >= 4 is 23.2 Å². The van der Waals surface area contributed by atoms with E-state index in [4.69, 9.17) is 4.42 Å². The number of furan rings is 1. The molecule has 0 bridgehead atoms. The number of carbonyl (C=O) groups excluding carboxylic acids is 2. The van der Waals surface area contributed by atoms with Crippen molar-refractivity contribution in [3.05, 3.63) is 90.9 Å². The average Bonchev–Trinajstić information content (AvgIpc) is 3.42. The second-order valence-corrected chi connectivity index (χ2v) is 5.83. The van der Waals surface area contributed by atoms with E-state index in [9.17, 15) is 9.59 Å². The molecule has 2 aromatic heterocycles. The maximum atomic E-state index is 12.4. The van der Waals surface area contributed by atoms with Gasteiger partial charge < -0.3 is 15.1 Å². The summed E-state index contributed by atoms with van der Waals surface area (Å²) < 4.78 is 6.99. The Balaban J connectivity index is 1.41. The lowest BCUT2D eigenvalue weighted by Gasteiger charge is -2.05. The standard InChI is InChI=1S/C20H15N5O3/c26-19(23-14-4-2-1-3-5-14)17-10-11-18(28-17)20(27)24-15-6-8-16(9-7-15)25-13-21-12-22-25/h1-13H,(H,23,26)(H,24,27). The van der Waals surface area contributed by atoms with Crippen molar-refractivity contribution in [3.8, 4) is 5.69 Å². The summed E-state index contributed by atoms with van der Waals surface area (Å²) in [5.74, 6) is -0.788. The Morgan fingerprint density at radius 1 is 0.786 bits per heavy atom. The fourth-order valence-electron chi connectivity index (χ4n) is 2.53. The first kappa shape index (κ1) is 17.2. The number of nitrogens with one attached hydrogen (secondary N) is 2. The molecule has 4 rings (SSSR count). The maximum Gasteiger partial charge on any atom is 0.291 e. The molecule has 0 aliphatic rings. The van der Waals surface area contributed by atoms with Gasteiger partial charge in [-0.3, -0.25) is 9.59 Å². The van der Waals surface area contributed by atoms with E-state index in [1.807, 2.05) is 18.2 Å². The Morgan fingerprint density at radius 3 is 1.96 bits per heavy atom. The molecule has 0 radical (unpaired) electrons. The van der Waals surface area contributed by atoms with Crippen molar-refractivity contribution in [3.63, 3.8) is 0 Å². The van der Waals surface area contributed by atoms with E-state index in [-0.39, 0.29) is 11.5 Å². The summed E-state index contributed by atoms with van der Waals surface area (Å²) in [7, 11) is 0. The largest absolute Gasteiger partial charge is 0.446 e. The van der Waals surface area contributed by atoms with E-state index in [1.54, 1.807) is 47.4 Å². The first-order chi connectivity index (χ1) is 13.7. The SMILES string of the molecule is O=C(Nc1ccccc1)c1ccc(C(=O)Nc2ccc(-n3cncn3)cc2)o1. The van der Waals surface area contributed by atoms with E-state index in [1.165, 1.54) is 18.5 Å². The Bertz CT molecular complexity index is 1090. The highest BCUT2D eigenvalue weighted by molar-refractivity contribution is 6.05. The van der Waals surface area contributed by atoms with E-state index < -0.39 is 11.8 Å². The number of hydrogen-bond donors (Lipinski definition) is 2. The third-order valence-electron chi connectivity index (χ3n) is 3.89. The van der Waals surface area contributed by atoms with Gasteiger partial charge in [0, 0.05) is 11.4 Å². The van der Waals surface area contributed by atoms with Gasteiger partial charge in [0.15, 0.2) is 11.5 Å². The van der Waals surface area contributed by atoms with E-state index in [2.05, 4.69) is 20.7 Å². The number of rotatable bonds is 5. The van der Waals surface area contributed by atoms with Gasteiger partial charge in [-0.05, 0) is 48.5 Å². The number of aromatic nitrogens is 3. The number of anilines is 2. The van der Waals surface area contributed by atoms with Crippen LogP contribution in [-0.4, -0.2) is 26.6 Å². The molecule has 0 saturated heterocycles. The molecule has 28 heavy (non-hydrogen) atoms. The summed E-state index contributed by atoms with van der Waals surface area (Å²) in [5, 5.41) is 9.46. The quantitative estimate of drug-likeness (QED) is 0.558. The molecule has 138 valence electrons. The Kier molecular flexibility index (Phi) is 4.67. The van der Waals surface area contributed by atoms with Crippen molar-refractivity contribution in [2.24, 2.45) is 0 Å². The first-order valence-corrected chi connectivity index (χ1v) is 8.42. The zero-order chi connectivity index (χ0) is 19.3. The second kappa shape index (κ2) is 7.58. The summed E-state index contributed by atoms with van der Waals surface area (Å²) in [6.07, 6.45) is 3.02. The van der Waals surface area contributed by atoms with Crippen LogP contribution in [-0.2, 0) is 0 Å². The predicted molar refractivity (Wildman–Crippen MR) is 102 cm³/mol. The van der Waals surface area contributed by atoms with Gasteiger partial charge in [-0.2, -0.15) is 5.10 Å². The zero-order valence-electron chi connectivity index (χ0n) is 14.6. The van der Waals surface area contributed by atoms with Crippen LogP contribution in [0.3, 0.4) is 0 Å². The van der Waals surface area contributed by atoms with Crippen LogP contribution in [0, 0.1) is 0 Å². The normalized spacial score (nSPS) is 10.4. The summed E-state index contributed by atoms with van der Waals surface area (Å²) >= 11 is 0. The van der Waals surface area contributed by atoms with Crippen LogP contribution in [0.5, 0.6) is 0 Å². The van der Waals surface area contributed by atoms with Gasteiger partial charge >= 0.3 is 0 Å². The van der Waals surface area contributed by atoms with Crippen LogP contribution in [0.2, 0.25) is 0 Å². The molecule has 4 aromatic rings. The van der Waals surface area contributed by atoms with Crippen molar-refractivity contribution in [1.82, 2.24) is 14.8 Å². The third kappa shape index (κ3) is 3.80. The van der Waals surface area contributed by atoms with Crippen LogP contribution in [0.15, 0.2) is 83.8 Å². The van der Waals surface area contributed by atoms with Gasteiger partial charge in [0.25, 0.3) is 11.8 Å². The number of carbonyl (C=O) groups is 2. The van der Waals surface area contributed by atoms with Crippen molar-refractivity contribution in [1.29, 1.82) is 0 Å². The lowest BCUT2D eigenvalue weighted by molar-refractivity contribution is 0.0974. The fourth-order valence-corrected chi connectivity index (χ4v) is 2.53. The minimum absolute atomic E-state index is 0.0403. The highest BCUT2D eigenvalue weighted by Crippen LogP contribution is 2.16. The molecule has 8 heteroatoms. The number of para-hydroxylation sites is 1. The topological polar surface area (TPSA) is 102 Å². The Morgan fingerprint density at radius 2 is 1.39 bits per heavy atom. The van der Waals surface area contributed by atoms with Gasteiger partial charge in [0.2, 0.25) is 0 Å². The van der Waals surface area contributed by atoms with E-state index in [0.717, 1.165) is 5.69 Å². The van der Waals surface area contributed by atoms with Crippen LogP contribution in [0.4, 0.5) is 11.4 Å². The van der Waals surface area contributed by atoms with Gasteiger partial charge in [-0.15, -0.1) is 0 Å². The summed E-state index contributed by atoms with van der Waals surface area (Å²) in [6, 6.07) is 19.0. The molecule has 0 saturated carbocycles. The second-order valence-electron chi connectivity index (χ2n) is 5.83. The molecular weight excluding hydrogens is 358 g/mol. The van der Waals surface area contributed by atoms with Crippen LogP contribution in [0.25, 0.3) is 5.69 Å². The van der Waals surface area contributed by atoms with Gasteiger partial charge in [-0.25, -0.2) is 9.67 Å². The number of benzene rings is 2. The zero-order valence-corrected chi connectivity index (χ0v) is 14.6. The summed E-state index contributed by atoms with van der Waals surface area (Å²) in [4.78, 5) is 28.5. The third-order valence-corrected chi connectivity index (χ3v) is 3.89. The monoisotopic (exact) mass is 373 g/mol. The molecule has 0 unspecified atom stereocenters.